The minimum absolute atomic E-state index is 0.0582. The van der Waals surface area contributed by atoms with Crippen molar-refractivity contribution in [2.75, 3.05) is 6.54 Å². The number of benzene rings is 2. The fourth-order valence-electron chi connectivity index (χ4n) is 1.89. The molecule has 2 nitrogen and oxygen atoms in total. The SMILES string of the molecule is CCNCc1cc(C)ccc1Oc1cccc(Cl)c1F. The van der Waals surface area contributed by atoms with Gasteiger partial charge in [-0.3, -0.25) is 0 Å². The Labute approximate surface area is 123 Å². The molecule has 0 aromatic heterocycles. The van der Waals surface area contributed by atoms with Crippen LogP contribution in [0.4, 0.5) is 4.39 Å². The van der Waals surface area contributed by atoms with Crippen LogP contribution >= 0.6 is 11.6 Å². The molecule has 1 N–H and O–H groups in total. The molecule has 20 heavy (non-hydrogen) atoms. The molecule has 2 aromatic carbocycles. The third-order valence-corrected chi connectivity index (χ3v) is 3.21. The Morgan fingerprint density at radius 1 is 1.20 bits per heavy atom. The van der Waals surface area contributed by atoms with Crippen LogP contribution in [0, 0.1) is 12.7 Å². The molecule has 4 heteroatoms. The molecule has 0 aliphatic carbocycles. The van der Waals surface area contributed by atoms with Gasteiger partial charge in [0.2, 0.25) is 0 Å². The summed E-state index contributed by atoms with van der Waals surface area (Å²) in [6, 6.07) is 10.5. The Balaban J connectivity index is 2.30. The van der Waals surface area contributed by atoms with Crippen molar-refractivity contribution < 1.29 is 9.13 Å². The van der Waals surface area contributed by atoms with E-state index in [4.69, 9.17) is 16.3 Å². The summed E-state index contributed by atoms with van der Waals surface area (Å²) in [6.45, 7) is 5.58. The van der Waals surface area contributed by atoms with Crippen LogP contribution < -0.4 is 10.1 Å². The monoisotopic (exact) mass is 293 g/mol. The minimum atomic E-state index is -0.538. The van der Waals surface area contributed by atoms with Crippen LogP contribution in [-0.2, 0) is 6.54 Å². The number of rotatable bonds is 5. The lowest BCUT2D eigenvalue weighted by Crippen LogP contribution is -2.12. The van der Waals surface area contributed by atoms with Crippen molar-refractivity contribution in [1.82, 2.24) is 5.32 Å². The Bertz CT molecular complexity index is 601. The van der Waals surface area contributed by atoms with E-state index in [-0.39, 0.29) is 10.8 Å². The van der Waals surface area contributed by atoms with Crippen LogP contribution in [0.5, 0.6) is 11.5 Å². The molecule has 0 atom stereocenters. The van der Waals surface area contributed by atoms with Crippen LogP contribution in [-0.4, -0.2) is 6.54 Å². The van der Waals surface area contributed by atoms with Crippen molar-refractivity contribution in [1.29, 1.82) is 0 Å². The molecule has 2 aromatic rings. The normalized spacial score (nSPS) is 10.6. The van der Waals surface area contributed by atoms with Gasteiger partial charge in [0.25, 0.3) is 0 Å². The number of ether oxygens (including phenoxy) is 1. The van der Waals surface area contributed by atoms with E-state index in [1.54, 1.807) is 12.1 Å². The Morgan fingerprint density at radius 3 is 2.75 bits per heavy atom. The molecule has 0 saturated heterocycles. The number of hydrogen-bond donors (Lipinski definition) is 1. The quantitative estimate of drug-likeness (QED) is 0.863. The van der Waals surface area contributed by atoms with E-state index < -0.39 is 5.82 Å². The van der Waals surface area contributed by atoms with Gasteiger partial charge in [0, 0.05) is 12.1 Å². The zero-order valence-electron chi connectivity index (χ0n) is 11.5. The molecule has 0 aliphatic rings. The summed E-state index contributed by atoms with van der Waals surface area (Å²) in [6.07, 6.45) is 0. The van der Waals surface area contributed by atoms with Gasteiger partial charge < -0.3 is 10.1 Å². The first kappa shape index (κ1) is 14.8. The van der Waals surface area contributed by atoms with Crippen molar-refractivity contribution >= 4 is 11.6 Å². The molecule has 0 unspecified atom stereocenters. The average Bonchev–Trinajstić information content (AvgIpc) is 2.44. The molecule has 2 rings (SSSR count). The van der Waals surface area contributed by atoms with Gasteiger partial charge in [-0.2, -0.15) is 0 Å². The lowest BCUT2D eigenvalue weighted by molar-refractivity contribution is 0.436. The van der Waals surface area contributed by atoms with Crippen molar-refractivity contribution in [2.24, 2.45) is 0 Å². The standard InChI is InChI=1S/C16H17ClFNO/c1-3-19-10-12-9-11(2)7-8-14(12)20-15-6-4-5-13(17)16(15)18/h4-9,19H,3,10H2,1-2H3. The van der Waals surface area contributed by atoms with E-state index in [9.17, 15) is 4.39 Å². The molecule has 0 fully saturated rings. The van der Waals surface area contributed by atoms with E-state index in [1.165, 1.54) is 6.07 Å². The fourth-order valence-corrected chi connectivity index (χ4v) is 2.05. The molecule has 106 valence electrons. The lowest BCUT2D eigenvalue weighted by atomic mass is 10.1. The van der Waals surface area contributed by atoms with Crippen LogP contribution in [0.2, 0.25) is 5.02 Å². The predicted molar refractivity (Wildman–Crippen MR) is 80.0 cm³/mol. The van der Waals surface area contributed by atoms with Gasteiger partial charge in [0.05, 0.1) is 5.02 Å². The van der Waals surface area contributed by atoms with Gasteiger partial charge in [-0.1, -0.05) is 42.3 Å². The summed E-state index contributed by atoms with van der Waals surface area (Å²) in [7, 11) is 0. The number of halogens is 2. The molecule has 0 spiro atoms. The maximum absolute atomic E-state index is 13.9. The van der Waals surface area contributed by atoms with Crippen molar-refractivity contribution in [3.05, 3.63) is 58.4 Å². The summed E-state index contributed by atoms with van der Waals surface area (Å²) in [5.74, 6) is 0.237. The summed E-state index contributed by atoms with van der Waals surface area (Å²) >= 11 is 5.76. The number of aryl methyl sites for hydroxylation is 1. The number of nitrogens with one attached hydrogen (secondary N) is 1. The zero-order chi connectivity index (χ0) is 14.5. The third-order valence-electron chi connectivity index (χ3n) is 2.92. The summed E-state index contributed by atoms with van der Waals surface area (Å²) in [4.78, 5) is 0. The van der Waals surface area contributed by atoms with Gasteiger partial charge in [-0.05, 0) is 31.7 Å². The summed E-state index contributed by atoms with van der Waals surface area (Å²) in [5, 5.41) is 3.30. The Kier molecular flexibility index (Phi) is 4.99. The number of hydrogen-bond acceptors (Lipinski definition) is 2. The highest BCUT2D eigenvalue weighted by Crippen LogP contribution is 2.31. The first-order chi connectivity index (χ1) is 9.61. The van der Waals surface area contributed by atoms with Crippen molar-refractivity contribution in [2.45, 2.75) is 20.4 Å². The van der Waals surface area contributed by atoms with E-state index in [1.807, 2.05) is 32.0 Å². The molecule has 0 aliphatic heterocycles. The average molecular weight is 294 g/mol. The molecular weight excluding hydrogens is 277 g/mol. The second-order valence-corrected chi connectivity index (χ2v) is 4.95. The first-order valence-electron chi connectivity index (χ1n) is 6.54. The van der Waals surface area contributed by atoms with Crippen molar-refractivity contribution in [3.63, 3.8) is 0 Å². The highest BCUT2D eigenvalue weighted by Gasteiger charge is 2.11. The molecular formula is C16H17ClFNO. The fraction of sp³-hybridized carbons (Fsp3) is 0.250. The van der Waals surface area contributed by atoms with E-state index in [2.05, 4.69) is 5.32 Å². The first-order valence-corrected chi connectivity index (χ1v) is 6.91. The molecule has 0 saturated carbocycles. The largest absolute Gasteiger partial charge is 0.454 e. The van der Waals surface area contributed by atoms with Gasteiger partial charge in [-0.15, -0.1) is 0 Å². The smallest absolute Gasteiger partial charge is 0.184 e. The zero-order valence-corrected chi connectivity index (χ0v) is 12.3. The second-order valence-electron chi connectivity index (χ2n) is 4.55. The van der Waals surface area contributed by atoms with Gasteiger partial charge in [-0.25, -0.2) is 4.39 Å². The van der Waals surface area contributed by atoms with Crippen molar-refractivity contribution in [3.8, 4) is 11.5 Å². The molecule has 0 bridgehead atoms. The van der Waals surface area contributed by atoms with Gasteiger partial charge in [0.15, 0.2) is 11.6 Å². The van der Waals surface area contributed by atoms with Crippen LogP contribution in [0.3, 0.4) is 0 Å². The van der Waals surface area contributed by atoms with Gasteiger partial charge in [0.1, 0.15) is 5.75 Å². The maximum atomic E-state index is 13.9. The van der Waals surface area contributed by atoms with E-state index >= 15 is 0 Å². The predicted octanol–water partition coefficient (Wildman–Crippen LogP) is 4.69. The van der Waals surface area contributed by atoms with E-state index in [0.717, 1.165) is 17.7 Å². The molecule has 0 heterocycles. The maximum Gasteiger partial charge on any atom is 0.184 e. The van der Waals surface area contributed by atoms with Crippen LogP contribution in [0.15, 0.2) is 36.4 Å². The highest BCUT2D eigenvalue weighted by molar-refractivity contribution is 6.30. The third kappa shape index (κ3) is 3.50. The Hall–Kier alpha value is -1.58. The minimum Gasteiger partial charge on any atom is -0.454 e. The summed E-state index contributed by atoms with van der Waals surface area (Å²) < 4.78 is 19.6. The van der Waals surface area contributed by atoms with Crippen LogP contribution in [0.1, 0.15) is 18.1 Å². The van der Waals surface area contributed by atoms with Crippen LogP contribution in [0.25, 0.3) is 0 Å². The second kappa shape index (κ2) is 6.73. The highest BCUT2D eigenvalue weighted by atomic mass is 35.5. The molecule has 0 amide bonds. The van der Waals surface area contributed by atoms with Gasteiger partial charge >= 0.3 is 0 Å². The van der Waals surface area contributed by atoms with E-state index in [0.29, 0.717) is 12.3 Å². The Morgan fingerprint density at radius 2 is 2.00 bits per heavy atom. The lowest BCUT2D eigenvalue weighted by Gasteiger charge is -2.13. The topological polar surface area (TPSA) is 21.3 Å². The molecule has 0 radical (unpaired) electrons. The summed E-state index contributed by atoms with van der Waals surface area (Å²) in [5.41, 5.74) is 2.13.